The SMILES string of the molecule is Cc1cccc(-n2nnnc2SCC(=O)NOCc2ccccc2)c1C. The molecule has 0 atom stereocenters. The number of nitrogens with zero attached hydrogens (tertiary/aromatic N) is 4. The van der Waals surface area contributed by atoms with E-state index < -0.39 is 0 Å². The highest BCUT2D eigenvalue weighted by atomic mass is 32.2. The van der Waals surface area contributed by atoms with Gasteiger partial charge < -0.3 is 0 Å². The van der Waals surface area contributed by atoms with Crippen LogP contribution in [0.5, 0.6) is 0 Å². The minimum atomic E-state index is -0.249. The van der Waals surface area contributed by atoms with Crippen LogP contribution in [0.1, 0.15) is 16.7 Å². The third kappa shape index (κ3) is 4.47. The molecule has 3 aromatic rings. The lowest BCUT2D eigenvalue weighted by Crippen LogP contribution is -2.25. The van der Waals surface area contributed by atoms with Gasteiger partial charge in [0.1, 0.15) is 0 Å². The fourth-order valence-corrected chi connectivity index (χ4v) is 2.99. The van der Waals surface area contributed by atoms with E-state index in [0.29, 0.717) is 11.8 Å². The lowest BCUT2D eigenvalue weighted by atomic mass is 10.1. The number of thioether (sulfide) groups is 1. The molecule has 0 unspecified atom stereocenters. The molecule has 0 fully saturated rings. The molecule has 1 amide bonds. The summed E-state index contributed by atoms with van der Waals surface area (Å²) in [5.74, 6) is -0.0959. The maximum absolute atomic E-state index is 12.0. The van der Waals surface area contributed by atoms with Crippen molar-refractivity contribution in [1.29, 1.82) is 0 Å². The predicted octanol–water partition coefficient (Wildman–Crippen LogP) is 2.62. The summed E-state index contributed by atoms with van der Waals surface area (Å²) in [5, 5.41) is 12.3. The number of hydrogen-bond donors (Lipinski definition) is 1. The predicted molar refractivity (Wildman–Crippen MR) is 98.7 cm³/mol. The summed E-state index contributed by atoms with van der Waals surface area (Å²) in [6.07, 6.45) is 0. The maximum Gasteiger partial charge on any atom is 0.254 e. The van der Waals surface area contributed by atoms with Crippen LogP contribution < -0.4 is 5.48 Å². The van der Waals surface area contributed by atoms with Crippen LogP contribution in [0, 0.1) is 13.8 Å². The topological polar surface area (TPSA) is 81.9 Å². The molecule has 134 valence electrons. The van der Waals surface area contributed by atoms with Gasteiger partial charge >= 0.3 is 0 Å². The van der Waals surface area contributed by atoms with Crippen LogP contribution in [0.2, 0.25) is 0 Å². The molecule has 2 aromatic carbocycles. The highest BCUT2D eigenvalue weighted by molar-refractivity contribution is 7.99. The molecule has 0 aliphatic heterocycles. The molecule has 7 nitrogen and oxygen atoms in total. The van der Waals surface area contributed by atoms with Crippen LogP contribution in [-0.4, -0.2) is 31.9 Å². The highest BCUT2D eigenvalue weighted by Crippen LogP contribution is 2.22. The molecular formula is C18H19N5O2S. The van der Waals surface area contributed by atoms with E-state index in [1.807, 2.05) is 62.4 Å². The molecule has 8 heteroatoms. The minimum Gasteiger partial charge on any atom is -0.272 e. The Labute approximate surface area is 155 Å². The van der Waals surface area contributed by atoms with Gasteiger partial charge in [-0.25, -0.2) is 5.48 Å². The Morgan fingerprint density at radius 3 is 2.77 bits per heavy atom. The Kier molecular flexibility index (Phi) is 5.98. The molecule has 0 spiro atoms. The van der Waals surface area contributed by atoms with Crippen LogP contribution in [0.4, 0.5) is 0 Å². The van der Waals surface area contributed by atoms with Gasteiger partial charge in [0.05, 0.1) is 18.0 Å². The van der Waals surface area contributed by atoms with Crippen molar-refractivity contribution in [2.24, 2.45) is 0 Å². The van der Waals surface area contributed by atoms with Gasteiger partial charge in [-0.15, -0.1) is 5.10 Å². The molecule has 1 heterocycles. The Balaban J connectivity index is 1.55. The van der Waals surface area contributed by atoms with Crippen LogP contribution in [-0.2, 0) is 16.2 Å². The maximum atomic E-state index is 12.0. The van der Waals surface area contributed by atoms with E-state index in [4.69, 9.17) is 4.84 Å². The largest absolute Gasteiger partial charge is 0.272 e. The fourth-order valence-electron chi connectivity index (χ4n) is 2.32. The van der Waals surface area contributed by atoms with Gasteiger partial charge in [0.25, 0.3) is 5.91 Å². The summed E-state index contributed by atoms with van der Waals surface area (Å²) in [4.78, 5) is 17.2. The third-order valence-electron chi connectivity index (χ3n) is 3.85. The molecule has 0 radical (unpaired) electrons. The first-order valence-corrected chi connectivity index (χ1v) is 9.06. The number of hydroxylamine groups is 1. The van der Waals surface area contributed by atoms with Gasteiger partial charge in [-0.1, -0.05) is 54.2 Å². The lowest BCUT2D eigenvalue weighted by Gasteiger charge is -2.09. The molecule has 3 rings (SSSR count). The van der Waals surface area contributed by atoms with E-state index in [0.717, 1.165) is 22.4 Å². The number of benzene rings is 2. The first-order chi connectivity index (χ1) is 12.6. The second-order valence-corrected chi connectivity index (χ2v) is 6.62. The molecule has 0 aliphatic carbocycles. The summed E-state index contributed by atoms with van der Waals surface area (Å²) < 4.78 is 1.64. The van der Waals surface area contributed by atoms with E-state index in [9.17, 15) is 4.79 Å². The zero-order valence-corrected chi connectivity index (χ0v) is 15.4. The molecule has 0 saturated carbocycles. The van der Waals surface area contributed by atoms with E-state index >= 15 is 0 Å². The van der Waals surface area contributed by atoms with Gasteiger partial charge in [-0.2, -0.15) is 4.68 Å². The highest BCUT2D eigenvalue weighted by Gasteiger charge is 2.13. The van der Waals surface area contributed by atoms with E-state index in [1.165, 1.54) is 11.8 Å². The van der Waals surface area contributed by atoms with E-state index in [1.54, 1.807) is 4.68 Å². The van der Waals surface area contributed by atoms with Crippen molar-refractivity contribution in [2.75, 3.05) is 5.75 Å². The van der Waals surface area contributed by atoms with E-state index in [-0.39, 0.29) is 11.7 Å². The van der Waals surface area contributed by atoms with Crippen molar-refractivity contribution in [2.45, 2.75) is 25.6 Å². The van der Waals surface area contributed by atoms with Crippen molar-refractivity contribution in [3.8, 4) is 5.69 Å². The molecular weight excluding hydrogens is 350 g/mol. The number of carbonyl (C=O) groups excluding carboxylic acids is 1. The zero-order valence-electron chi connectivity index (χ0n) is 14.5. The Morgan fingerprint density at radius 1 is 1.15 bits per heavy atom. The van der Waals surface area contributed by atoms with Crippen molar-refractivity contribution in [3.63, 3.8) is 0 Å². The average molecular weight is 369 g/mol. The van der Waals surface area contributed by atoms with E-state index in [2.05, 4.69) is 21.0 Å². The van der Waals surface area contributed by atoms with Crippen LogP contribution in [0.15, 0.2) is 53.7 Å². The summed E-state index contributed by atoms with van der Waals surface area (Å²) in [6, 6.07) is 15.6. The van der Waals surface area contributed by atoms with Crippen molar-refractivity contribution in [1.82, 2.24) is 25.7 Å². The Morgan fingerprint density at radius 2 is 1.96 bits per heavy atom. The fraction of sp³-hybridized carbons (Fsp3) is 0.222. The van der Waals surface area contributed by atoms with Gasteiger partial charge in [-0.3, -0.25) is 9.63 Å². The second-order valence-electron chi connectivity index (χ2n) is 5.68. The first-order valence-electron chi connectivity index (χ1n) is 8.07. The lowest BCUT2D eigenvalue weighted by molar-refractivity contribution is -0.131. The molecule has 0 bridgehead atoms. The van der Waals surface area contributed by atoms with Gasteiger partial charge in [0.2, 0.25) is 5.16 Å². The quantitative estimate of drug-likeness (QED) is 0.509. The number of tetrazole rings is 1. The number of rotatable bonds is 7. The average Bonchev–Trinajstić information content (AvgIpc) is 3.11. The third-order valence-corrected chi connectivity index (χ3v) is 4.76. The smallest absolute Gasteiger partial charge is 0.254 e. The standard InChI is InChI=1S/C18H19N5O2S/c1-13-7-6-10-16(14(13)2)23-18(19-21-22-23)26-12-17(24)20-25-11-15-8-4-3-5-9-15/h3-10H,11-12H2,1-2H3,(H,20,24). The number of aryl methyl sites for hydroxylation is 1. The van der Waals surface area contributed by atoms with Crippen LogP contribution >= 0.6 is 11.8 Å². The number of hydrogen-bond acceptors (Lipinski definition) is 6. The Hall–Kier alpha value is -2.71. The van der Waals surface area contributed by atoms with Crippen molar-refractivity contribution >= 4 is 17.7 Å². The van der Waals surface area contributed by atoms with Crippen molar-refractivity contribution < 1.29 is 9.63 Å². The Bertz CT molecular complexity index is 882. The van der Waals surface area contributed by atoms with Gasteiger partial charge in [0.15, 0.2) is 0 Å². The van der Waals surface area contributed by atoms with Crippen molar-refractivity contribution in [3.05, 3.63) is 65.2 Å². The molecule has 0 aliphatic rings. The number of amides is 1. The normalized spacial score (nSPS) is 10.7. The monoisotopic (exact) mass is 369 g/mol. The molecule has 1 aromatic heterocycles. The molecule has 0 saturated heterocycles. The number of aromatic nitrogens is 4. The summed E-state index contributed by atoms with van der Waals surface area (Å²) in [7, 11) is 0. The van der Waals surface area contributed by atoms with Gasteiger partial charge in [0, 0.05) is 0 Å². The molecule has 1 N–H and O–H groups in total. The zero-order chi connectivity index (χ0) is 18.4. The number of nitrogens with one attached hydrogen (secondary N) is 1. The summed E-state index contributed by atoms with van der Waals surface area (Å²) >= 11 is 1.25. The van der Waals surface area contributed by atoms with Gasteiger partial charge in [-0.05, 0) is 47.0 Å². The van der Waals surface area contributed by atoms with Crippen LogP contribution in [0.25, 0.3) is 5.69 Å². The minimum absolute atomic E-state index is 0.153. The second kappa shape index (κ2) is 8.59. The number of carbonyl (C=O) groups is 1. The van der Waals surface area contributed by atoms with Crippen LogP contribution in [0.3, 0.4) is 0 Å². The summed E-state index contributed by atoms with van der Waals surface area (Å²) in [6.45, 7) is 4.37. The summed E-state index contributed by atoms with van der Waals surface area (Å²) in [5.41, 5.74) is 6.57. The molecule has 26 heavy (non-hydrogen) atoms. The first kappa shape index (κ1) is 18.1.